The van der Waals surface area contributed by atoms with E-state index in [1.54, 1.807) is 5.57 Å². The van der Waals surface area contributed by atoms with Gasteiger partial charge in [-0.1, -0.05) is 44.6 Å². The summed E-state index contributed by atoms with van der Waals surface area (Å²) >= 11 is 0. The Labute approximate surface area is 196 Å². The highest BCUT2D eigenvalue weighted by Gasteiger charge is 2.51. The van der Waals surface area contributed by atoms with Crippen LogP contribution < -0.4 is 0 Å². The molecule has 0 aromatic carbocycles. The molecule has 3 nitrogen and oxygen atoms in total. The number of hydrogen-bond donors (Lipinski definition) is 2. The van der Waals surface area contributed by atoms with Crippen LogP contribution in [-0.4, -0.2) is 45.9 Å². The van der Waals surface area contributed by atoms with Crippen molar-refractivity contribution in [1.29, 1.82) is 0 Å². The maximum absolute atomic E-state index is 10.2. The Kier molecular flexibility index (Phi) is 7.11. The molecule has 180 valence electrons. The lowest BCUT2D eigenvalue weighted by atomic mass is 9.61. The van der Waals surface area contributed by atoms with Crippen molar-refractivity contribution in [2.45, 2.75) is 110 Å². The Morgan fingerprint density at radius 3 is 2.62 bits per heavy atom. The van der Waals surface area contributed by atoms with E-state index >= 15 is 0 Å². The summed E-state index contributed by atoms with van der Waals surface area (Å²) in [7, 11) is 0. The van der Waals surface area contributed by atoms with Gasteiger partial charge >= 0.3 is 0 Å². The first-order chi connectivity index (χ1) is 15.1. The number of likely N-dealkylation sites (tertiary alicyclic amines) is 1. The second-order valence-corrected chi connectivity index (χ2v) is 12.4. The molecule has 2 N–H and O–H groups in total. The van der Waals surface area contributed by atoms with Crippen LogP contribution >= 0.6 is 0 Å². The maximum Gasteiger partial charge on any atom is 0.0811 e. The van der Waals surface area contributed by atoms with Gasteiger partial charge in [0.15, 0.2) is 0 Å². The zero-order valence-electron chi connectivity index (χ0n) is 21.1. The fourth-order valence-electron chi connectivity index (χ4n) is 7.81. The SMILES string of the molecule is C=C1/C(=C\C=C2/CCC[C@]3(C)[C@@H]([C@H](C)CN4CCCCC4(C)C)CC[C@@H]23)CC(O)CC1O. The molecule has 3 heteroatoms. The summed E-state index contributed by atoms with van der Waals surface area (Å²) in [5.41, 5.74) is 4.19. The molecule has 6 atom stereocenters. The second-order valence-electron chi connectivity index (χ2n) is 12.4. The van der Waals surface area contributed by atoms with Crippen LogP contribution in [0.3, 0.4) is 0 Å². The van der Waals surface area contributed by atoms with Crippen LogP contribution in [0.5, 0.6) is 0 Å². The van der Waals surface area contributed by atoms with Crippen LogP contribution in [0, 0.1) is 23.2 Å². The van der Waals surface area contributed by atoms with Gasteiger partial charge in [-0.2, -0.15) is 0 Å². The third kappa shape index (κ3) is 4.68. The summed E-state index contributed by atoms with van der Waals surface area (Å²) < 4.78 is 0. The van der Waals surface area contributed by atoms with Gasteiger partial charge in [-0.25, -0.2) is 0 Å². The molecule has 0 bridgehead atoms. The lowest BCUT2D eigenvalue weighted by molar-refractivity contribution is 0.0256. The molecule has 4 rings (SSSR count). The Hall–Kier alpha value is -0.900. The quantitative estimate of drug-likeness (QED) is 0.560. The van der Waals surface area contributed by atoms with Crippen LogP contribution in [0.2, 0.25) is 0 Å². The Bertz CT molecular complexity index is 765. The van der Waals surface area contributed by atoms with Crippen molar-refractivity contribution in [2.75, 3.05) is 13.1 Å². The summed E-state index contributed by atoms with van der Waals surface area (Å²) in [6, 6.07) is 0. The monoisotopic (exact) mass is 441 g/mol. The molecule has 32 heavy (non-hydrogen) atoms. The van der Waals surface area contributed by atoms with Gasteiger partial charge in [0.2, 0.25) is 0 Å². The molecule has 1 heterocycles. The number of aliphatic hydroxyl groups is 2. The van der Waals surface area contributed by atoms with Crippen LogP contribution in [0.4, 0.5) is 0 Å². The van der Waals surface area contributed by atoms with Crippen LogP contribution in [0.1, 0.15) is 91.9 Å². The molecule has 0 aromatic rings. The minimum Gasteiger partial charge on any atom is -0.393 e. The third-order valence-electron chi connectivity index (χ3n) is 9.82. The zero-order chi connectivity index (χ0) is 23.1. The predicted molar refractivity (Wildman–Crippen MR) is 133 cm³/mol. The van der Waals surface area contributed by atoms with Crippen molar-refractivity contribution in [2.24, 2.45) is 23.2 Å². The van der Waals surface area contributed by atoms with Crippen molar-refractivity contribution in [3.05, 3.63) is 35.5 Å². The van der Waals surface area contributed by atoms with E-state index in [1.165, 1.54) is 64.5 Å². The van der Waals surface area contributed by atoms with Crippen molar-refractivity contribution in [1.82, 2.24) is 4.90 Å². The van der Waals surface area contributed by atoms with Gasteiger partial charge in [0.25, 0.3) is 0 Å². The lowest BCUT2D eigenvalue weighted by Gasteiger charge is -2.48. The van der Waals surface area contributed by atoms with Crippen molar-refractivity contribution >= 4 is 0 Å². The molecule has 3 aliphatic carbocycles. The zero-order valence-corrected chi connectivity index (χ0v) is 21.1. The molecule has 4 aliphatic rings. The van der Waals surface area contributed by atoms with Crippen molar-refractivity contribution in [3.63, 3.8) is 0 Å². The largest absolute Gasteiger partial charge is 0.393 e. The first-order valence-corrected chi connectivity index (χ1v) is 13.3. The van der Waals surface area contributed by atoms with Crippen LogP contribution in [0.25, 0.3) is 0 Å². The van der Waals surface area contributed by atoms with E-state index in [1.807, 2.05) is 0 Å². The first kappa shape index (κ1) is 24.2. The van der Waals surface area contributed by atoms with Gasteiger partial charge in [0.1, 0.15) is 0 Å². The average molecular weight is 442 g/mol. The maximum atomic E-state index is 10.2. The molecule has 0 spiro atoms. The number of fused-ring (bicyclic) bond motifs is 1. The van der Waals surface area contributed by atoms with Crippen molar-refractivity contribution < 1.29 is 10.2 Å². The van der Waals surface area contributed by atoms with Gasteiger partial charge in [0, 0.05) is 18.5 Å². The summed E-state index contributed by atoms with van der Waals surface area (Å²) in [5.74, 6) is 2.22. The number of allylic oxidation sites excluding steroid dienone is 3. The highest BCUT2D eigenvalue weighted by molar-refractivity contribution is 5.38. The van der Waals surface area contributed by atoms with E-state index in [9.17, 15) is 10.2 Å². The molecule has 0 amide bonds. The average Bonchev–Trinajstić information content (AvgIpc) is 3.08. The standard InChI is InChI=1S/C29H47NO2/c1-20(19-30-16-7-6-14-28(30,3)4)25-12-13-26-22(9-8-15-29(25,26)5)10-11-23-17-24(31)18-27(32)21(23)2/h10-11,20,24-27,31-32H,2,6-9,12-19H2,1,3-5H3/b22-10+,23-11-/t20-,24?,25-,26+,27?,29-/m1/s1. The molecule has 2 unspecified atom stereocenters. The van der Waals surface area contributed by atoms with Gasteiger partial charge in [-0.15, -0.1) is 0 Å². The van der Waals surface area contributed by atoms with Crippen LogP contribution in [0.15, 0.2) is 35.5 Å². The Morgan fingerprint density at radius 2 is 1.88 bits per heavy atom. The van der Waals surface area contributed by atoms with E-state index < -0.39 is 12.2 Å². The molecule has 4 fully saturated rings. The molecule has 1 aliphatic heterocycles. The summed E-state index contributed by atoms with van der Waals surface area (Å²) in [5, 5.41) is 20.3. The molecule has 1 saturated heterocycles. The van der Waals surface area contributed by atoms with E-state index in [4.69, 9.17) is 0 Å². The lowest BCUT2D eigenvalue weighted by Crippen LogP contribution is -2.50. The number of hydrogen-bond acceptors (Lipinski definition) is 3. The number of rotatable bonds is 4. The van der Waals surface area contributed by atoms with Crippen LogP contribution in [-0.2, 0) is 0 Å². The predicted octanol–water partition coefficient (Wildman–Crippen LogP) is 6.03. The first-order valence-electron chi connectivity index (χ1n) is 13.3. The van der Waals surface area contributed by atoms with E-state index in [-0.39, 0.29) is 0 Å². The summed E-state index contributed by atoms with van der Waals surface area (Å²) in [6.45, 7) is 16.6. The fourth-order valence-corrected chi connectivity index (χ4v) is 7.81. The second kappa shape index (κ2) is 9.39. The number of aliphatic hydroxyl groups excluding tert-OH is 2. The van der Waals surface area contributed by atoms with E-state index in [0.717, 1.165) is 23.0 Å². The molecular weight excluding hydrogens is 394 g/mol. The Balaban J connectivity index is 1.48. The fraction of sp³-hybridized carbons (Fsp3) is 0.793. The summed E-state index contributed by atoms with van der Waals surface area (Å²) in [6.07, 6.45) is 15.1. The third-order valence-corrected chi connectivity index (χ3v) is 9.82. The topological polar surface area (TPSA) is 43.7 Å². The highest BCUT2D eigenvalue weighted by Crippen LogP contribution is 2.59. The van der Waals surface area contributed by atoms with Gasteiger partial charge < -0.3 is 10.2 Å². The molecule has 3 saturated carbocycles. The molecule has 0 radical (unpaired) electrons. The minimum atomic E-state index is -0.601. The smallest absolute Gasteiger partial charge is 0.0811 e. The molecule has 0 aromatic heterocycles. The number of piperidine rings is 1. The molecular formula is C29H47NO2. The minimum absolute atomic E-state index is 0.354. The van der Waals surface area contributed by atoms with Gasteiger partial charge in [-0.05, 0) is 106 Å². The Morgan fingerprint density at radius 1 is 1.09 bits per heavy atom. The summed E-state index contributed by atoms with van der Waals surface area (Å²) in [4.78, 5) is 2.78. The van der Waals surface area contributed by atoms with E-state index in [0.29, 0.717) is 29.7 Å². The van der Waals surface area contributed by atoms with Gasteiger partial charge in [0.05, 0.1) is 12.2 Å². The van der Waals surface area contributed by atoms with Gasteiger partial charge in [-0.3, -0.25) is 4.90 Å². The number of nitrogens with zero attached hydrogens (tertiary/aromatic N) is 1. The van der Waals surface area contributed by atoms with Crippen molar-refractivity contribution in [3.8, 4) is 0 Å². The van der Waals surface area contributed by atoms with E-state index in [2.05, 4.69) is 51.3 Å². The normalized spacial score (nSPS) is 41.8. The highest BCUT2D eigenvalue weighted by atomic mass is 16.3.